The molecule has 0 fully saturated rings. The molecule has 1 heterocycles. The average molecular weight is 400 g/mol. The average Bonchev–Trinajstić information content (AvgIpc) is 3.08. The van der Waals surface area contributed by atoms with E-state index in [0.717, 1.165) is 17.7 Å². The number of nitrogens with one attached hydrogen (secondary N) is 1. The highest BCUT2D eigenvalue weighted by Crippen LogP contribution is 2.23. The van der Waals surface area contributed by atoms with E-state index in [-0.39, 0.29) is 24.7 Å². The van der Waals surface area contributed by atoms with E-state index in [1.54, 1.807) is 0 Å². The van der Waals surface area contributed by atoms with Gasteiger partial charge in [-0.2, -0.15) is 9.90 Å². The maximum atomic E-state index is 13.8. The lowest BCUT2D eigenvalue weighted by atomic mass is 10.0. The topological polar surface area (TPSA) is 69.0 Å². The Bertz CT molecular complexity index is 977. The number of benzene rings is 2. The quantitative estimate of drug-likeness (QED) is 0.653. The fraction of sp³-hybridized carbons (Fsp3) is 0.286. The number of rotatable bonds is 7. The van der Waals surface area contributed by atoms with Gasteiger partial charge in [-0.05, 0) is 34.7 Å². The molecule has 152 valence electrons. The fourth-order valence-corrected chi connectivity index (χ4v) is 2.89. The van der Waals surface area contributed by atoms with E-state index in [2.05, 4.69) is 34.1 Å². The number of aromatic nitrogens is 3. The van der Waals surface area contributed by atoms with Crippen molar-refractivity contribution < 1.29 is 18.3 Å². The zero-order valence-corrected chi connectivity index (χ0v) is 16.4. The maximum Gasteiger partial charge on any atom is 0.230 e. The number of amides is 1. The van der Waals surface area contributed by atoms with Gasteiger partial charge in [0.2, 0.25) is 5.91 Å². The van der Waals surface area contributed by atoms with Gasteiger partial charge in [-0.15, -0.1) is 5.10 Å². The van der Waals surface area contributed by atoms with Gasteiger partial charge in [0.05, 0.1) is 26.3 Å². The summed E-state index contributed by atoms with van der Waals surface area (Å²) >= 11 is 0. The number of anilines is 1. The minimum absolute atomic E-state index is 0.0460. The highest BCUT2D eigenvalue weighted by molar-refractivity contribution is 5.91. The minimum atomic E-state index is -0.799. The van der Waals surface area contributed by atoms with Crippen LogP contribution < -0.4 is 10.1 Å². The third-order valence-corrected chi connectivity index (χ3v) is 4.40. The molecule has 0 aliphatic heterocycles. The molecule has 0 unspecified atom stereocenters. The van der Waals surface area contributed by atoms with Crippen LogP contribution in [0, 0.1) is 11.6 Å². The van der Waals surface area contributed by atoms with Gasteiger partial charge >= 0.3 is 0 Å². The summed E-state index contributed by atoms with van der Waals surface area (Å²) < 4.78 is 32.3. The van der Waals surface area contributed by atoms with Crippen molar-refractivity contribution in [3.63, 3.8) is 0 Å². The lowest BCUT2D eigenvalue weighted by Crippen LogP contribution is -2.15. The van der Waals surface area contributed by atoms with Crippen molar-refractivity contribution in [3.05, 3.63) is 70.9 Å². The van der Waals surface area contributed by atoms with Crippen LogP contribution in [-0.2, 0) is 17.8 Å². The normalized spacial score (nSPS) is 11.0. The highest BCUT2D eigenvalue weighted by atomic mass is 19.1. The summed E-state index contributed by atoms with van der Waals surface area (Å²) in [6, 6.07) is 10.2. The Hall–Kier alpha value is -3.29. The molecule has 0 atom stereocenters. The molecule has 0 aliphatic rings. The first-order valence-electron chi connectivity index (χ1n) is 9.16. The third-order valence-electron chi connectivity index (χ3n) is 4.40. The van der Waals surface area contributed by atoms with Crippen LogP contribution in [0.1, 0.15) is 36.5 Å². The van der Waals surface area contributed by atoms with Crippen LogP contribution in [-0.4, -0.2) is 28.0 Å². The number of hydrogen-bond donors (Lipinski definition) is 1. The van der Waals surface area contributed by atoms with Gasteiger partial charge < -0.3 is 10.1 Å². The molecule has 0 aliphatic carbocycles. The number of carbonyl (C=O) groups is 1. The van der Waals surface area contributed by atoms with Crippen molar-refractivity contribution in [1.29, 1.82) is 0 Å². The Kier molecular flexibility index (Phi) is 6.21. The molecular formula is C21H22F2N4O2. The summed E-state index contributed by atoms with van der Waals surface area (Å²) in [4.78, 5) is 13.5. The Balaban J connectivity index is 1.60. The second-order valence-electron chi connectivity index (χ2n) is 6.97. The van der Waals surface area contributed by atoms with Gasteiger partial charge in [0.15, 0.2) is 23.2 Å². The van der Waals surface area contributed by atoms with Crippen LogP contribution in [0.5, 0.6) is 5.75 Å². The Morgan fingerprint density at radius 1 is 1.14 bits per heavy atom. The Morgan fingerprint density at radius 3 is 2.38 bits per heavy atom. The van der Waals surface area contributed by atoms with Crippen LogP contribution in [0.15, 0.2) is 42.6 Å². The standard InChI is InChI=1S/C21H22F2N4O2/c1-13(2)16-6-4-14(5-7-16)10-20(28)25-19-11-24-27(26-19)12-15-8-17(22)21(29-3)18(23)9-15/h4-9,11,13H,10,12H2,1-3H3,(H,25,26,28). The van der Waals surface area contributed by atoms with Crippen LogP contribution >= 0.6 is 0 Å². The van der Waals surface area contributed by atoms with Gasteiger partial charge in [-0.3, -0.25) is 4.79 Å². The zero-order valence-electron chi connectivity index (χ0n) is 16.4. The summed E-state index contributed by atoms with van der Waals surface area (Å²) in [7, 11) is 1.20. The molecule has 8 heteroatoms. The molecule has 3 aromatic rings. The van der Waals surface area contributed by atoms with E-state index in [4.69, 9.17) is 0 Å². The van der Waals surface area contributed by atoms with E-state index in [1.807, 2.05) is 24.3 Å². The molecule has 29 heavy (non-hydrogen) atoms. The van der Waals surface area contributed by atoms with Crippen molar-refractivity contribution >= 4 is 11.7 Å². The van der Waals surface area contributed by atoms with Gasteiger partial charge in [0.25, 0.3) is 0 Å². The molecule has 1 N–H and O–H groups in total. The fourth-order valence-electron chi connectivity index (χ4n) is 2.89. The molecule has 0 radical (unpaired) electrons. The zero-order chi connectivity index (χ0) is 21.0. The predicted octanol–water partition coefficient (Wildman–Crippen LogP) is 3.92. The summed E-state index contributed by atoms with van der Waals surface area (Å²) in [6.45, 7) is 4.27. The van der Waals surface area contributed by atoms with Crippen LogP contribution in [0.3, 0.4) is 0 Å². The summed E-state index contributed by atoms with van der Waals surface area (Å²) in [6.07, 6.45) is 1.59. The molecule has 0 spiro atoms. The molecule has 1 amide bonds. The second kappa shape index (κ2) is 8.81. The van der Waals surface area contributed by atoms with E-state index in [1.165, 1.54) is 23.7 Å². The number of nitrogens with zero attached hydrogens (tertiary/aromatic N) is 3. The number of halogens is 2. The van der Waals surface area contributed by atoms with Gasteiger partial charge in [-0.1, -0.05) is 38.1 Å². The first-order chi connectivity index (χ1) is 13.9. The minimum Gasteiger partial charge on any atom is -0.491 e. The monoisotopic (exact) mass is 400 g/mol. The third kappa shape index (κ3) is 5.16. The first-order valence-corrected chi connectivity index (χ1v) is 9.16. The van der Waals surface area contributed by atoms with E-state index in [9.17, 15) is 13.6 Å². The lowest BCUT2D eigenvalue weighted by Gasteiger charge is -2.07. The molecule has 0 bridgehead atoms. The molecule has 0 saturated carbocycles. The summed E-state index contributed by atoms with van der Waals surface area (Å²) in [5, 5.41) is 10.8. The lowest BCUT2D eigenvalue weighted by molar-refractivity contribution is -0.115. The van der Waals surface area contributed by atoms with Crippen molar-refractivity contribution in [2.45, 2.75) is 32.7 Å². The Morgan fingerprint density at radius 2 is 1.79 bits per heavy atom. The highest BCUT2D eigenvalue weighted by Gasteiger charge is 2.13. The van der Waals surface area contributed by atoms with Gasteiger partial charge in [0.1, 0.15) is 0 Å². The van der Waals surface area contributed by atoms with E-state index < -0.39 is 17.4 Å². The van der Waals surface area contributed by atoms with Crippen molar-refractivity contribution in [1.82, 2.24) is 15.0 Å². The molecule has 1 aromatic heterocycles. The predicted molar refractivity (Wildman–Crippen MR) is 105 cm³/mol. The van der Waals surface area contributed by atoms with Crippen molar-refractivity contribution in [3.8, 4) is 5.75 Å². The van der Waals surface area contributed by atoms with Crippen molar-refractivity contribution in [2.75, 3.05) is 12.4 Å². The molecule has 0 saturated heterocycles. The largest absolute Gasteiger partial charge is 0.491 e. The van der Waals surface area contributed by atoms with Gasteiger partial charge in [-0.25, -0.2) is 8.78 Å². The SMILES string of the molecule is COc1c(F)cc(Cn2ncc(NC(=O)Cc3ccc(C(C)C)cc3)n2)cc1F. The maximum absolute atomic E-state index is 13.8. The molecule has 6 nitrogen and oxygen atoms in total. The smallest absolute Gasteiger partial charge is 0.230 e. The van der Waals surface area contributed by atoms with Crippen molar-refractivity contribution in [2.24, 2.45) is 0 Å². The second-order valence-corrected chi connectivity index (χ2v) is 6.97. The van der Waals surface area contributed by atoms with Crippen LogP contribution in [0.2, 0.25) is 0 Å². The number of ether oxygens (including phenoxy) is 1. The Labute approximate surface area is 167 Å². The molecular weight excluding hydrogens is 378 g/mol. The first kappa shape index (κ1) is 20.4. The summed E-state index contributed by atoms with van der Waals surface area (Å²) in [5.41, 5.74) is 2.44. The number of methoxy groups -OCH3 is 1. The molecule has 3 rings (SSSR count). The van der Waals surface area contributed by atoms with E-state index in [0.29, 0.717) is 11.5 Å². The summed E-state index contributed by atoms with van der Waals surface area (Å²) in [5.74, 6) is -1.56. The van der Waals surface area contributed by atoms with Crippen LogP contribution in [0.25, 0.3) is 0 Å². The van der Waals surface area contributed by atoms with Gasteiger partial charge in [0, 0.05) is 0 Å². The number of carbonyl (C=O) groups excluding carboxylic acids is 1. The van der Waals surface area contributed by atoms with Crippen LogP contribution in [0.4, 0.5) is 14.6 Å². The molecule has 2 aromatic carbocycles. The van der Waals surface area contributed by atoms with E-state index >= 15 is 0 Å². The number of hydrogen-bond acceptors (Lipinski definition) is 4.